The zero-order valence-corrected chi connectivity index (χ0v) is 17.8. The van der Waals surface area contributed by atoms with E-state index in [0.717, 1.165) is 5.56 Å². The summed E-state index contributed by atoms with van der Waals surface area (Å²) >= 11 is 0. The van der Waals surface area contributed by atoms with E-state index in [4.69, 9.17) is 15.3 Å². The number of ether oxygens (including phenoxy) is 1. The third kappa shape index (κ3) is 4.87. The summed E-state index contributed by atoms with van der Waals surface area (Å²) in [4.78, 5) is 41.5. The van der Waals surface area contributed by atoms with Crippen molar-refractivity contribution in [1.29, 1.82) is 0 Å². The maximum Gasteiger partial charge on any atom is 0.289 e. The van der Waals surface area contributed by atoms with Crippen LogP contribution in [0.25, 0.3) is 10.9 Å². The minimum Gasteiger partial charge on any atom is -0.483 e. The normalized spacial score (nSPS) is 10.7. The van der Waals surface area contributed by atoms with Crippen molar-refractivity contribution >= 4 is 28.5 Å². The van der Waals surface area contributed by atoms with E-state index in [1.807, 2.05) is 47.9 Å². The second-order valence-electron chi connectivity index (χ2n) is 7.00. The number of amides is 2. The number of Topliss-reactive ketones (excluding diaryl/α,β-unsaturated/α-hetero) is 1. The molecule has 0 atom stereocenters. The van der Waals surface area contributed by atoms with Crippen molar-refractivity contribution in [1.82, 2.24) is 10.0 Å². The second-order valence-corrected chi connectivity index (χ2v) is 7.00. The molecule has 0 aliphatic carbocycles. The minimum atomic E-state index is -1.05. The van der Waals surface area contributed by atoms with Crippen molar-refractivity contribution in [2.75, 3.05) is 13.2 Å². The summed E-state index contributed by atoms with van der Waals surface area (Å²) in [5, 5.41) is 0.448. The van der Waals surface area contributed by atoms with Gasteiger partial charge in [0.05, 0.1) is 23.1 Å². The molecule has 0 bridgehead atoms. The van der Waals surface area contributed by atoms with Gasteiger partial charge in [0.15, 0.2) is 6.61 Å². The van der Waals surface area contributed by atoms with E-state index in [0.29, 0.717) is 35.3 Å². The molecule has 2 aromatic carbocycles. The molecular weight excluding hydrogens is 410 g/mol. The molecule has 0 fully saturated rings. The van der Waals surface area contributed by atoms with Crippen LogP contribution in [-0.2, 0) is 27.4 Å². The van der Waals surface area contributed by atoms with Gasteiger partial charge in [-0.25, -0.2) is 5.48 Å². The Morgan fingerprint density at radius 1 is 1.12 bits per heavy atom. The van der Waals surface area contributed by atoms with Crippen LogP contribution in [0.1, 0.15) is 28.5 Å². The first kappa shape index (κ1) is 22.8. The van der Waals surface area contributed by atoms with Crippen LogP contribution in [0.5, 0.6) is 5.75 Å². The average Bonchev–Trinajstić information content (AvgIpc) is 3.11. The van der Waals surface area contributed by atoms with E-state index in [1.54, 1.807) is 12.1 Å². The maximum atomic E-state index is 12.8. The highest BCUT2D eigenvalue weighted by Gasteiger charge is 2.27. The fourth-order valence-electron chi connectivity index (χ4n) is 3.58. The molecule has 0 saturated heterocycles. The van der Waals surface area contributed by atoms with Crippen molar-refractivity contribution < 1.29 is 24.0 Å². The van der Waals surface area contributed by atoms with Gasteiger partial charge in [-0.15, -0.1) is 6.58 Å². The molecule has 166 valence electrons. The molecule has 3 rings (SSSR count). The second kappa shape index (κ2) is 10.4. The van der Waals surface area contributed by atoms with E-state index < -0.39 is 17.6 Å². The number of nitrogens with zero attached hydrogens (tertiary/aromatic N) is 1. The number of hydrogen-bond acceptors (Lipinski definition) is 5. The molecule has 0 unspecified atom stereocenters. The fourth-order valence-corrected chi connectivity index (χ4v) is 3.58. The number of hydrogen-bond donors (Lipinski definition) is 2. The van der Waals surface area contributed by atoms with Gasteiger partial charge in [0, 0.05) is 12.2 Å². The fraction of sp³-hybridized carbons (Fsp3) is 0.208. The molecule has 32 heavy (non-hydrogen) atoms. The van der Waals surface area contributed by atoms with Crippen LogP contribution >= 0.6 is 0 Å². The Bertz CT molecular complexity index is 1150. The van der Waals surface area contributed by atoms with E-state index in [-0.39, 0.29) is 18.8 Å². The Morgan fingerprint density at radius 2 is 1.88 bits per heavy atom. The van der Waals surface area contributed by atoms with Crippen LogP contribution in [0.15, 0.2) is 61.2 Å². The van der Waals surface area contributed by atoms with Gasteiger partial charge in [-0.2, -0.15) is 0 Å². The molecule has 3 aromatic rings. The first-order chi connectivity index (χ1) is 15.5. The lowest BCUT2D eigenvalue weighted by atomic mass is 10.0. The molecule has 3 N–H and O–H groups in total. The molecule has 1 aromatic heterocycles. The quantitative estimate of drug-likeness (QED) is 0.158. The van der Waals surface area contributed by atoms with Gasteiger partial charge in [0.25, 0.3) is 17.6 Å². The van der Waals surface area contributed by atoms with Crippen LogP contribution in [0.2, 0.25) is 0 Å². The number of nitrogens with two attached hydrogens (primary N) is 1. The lowest BCUT2D eigenvalue weighted by Crippen LogP contribution is -2.29. The molecule has 8 heteroatoms. The monoisotopic (exact) mass is 435 g/mol. The third-order valence-corrected chi connectivity index (χ3v) is 4.87. The molecule has 2 amide bonds. The number of carbonyl (C=O) groups excluding carboxylic acids is 3. The van der Waals surface area contributed by atoms with Gasteiger partial charge in [-0.3, -0.25) is 19.2 Å². The number of primary amides is 1. The van der Waals surface area contributed by atoms with Crippen LogP contribution in [0.4, 0.5) is 0 Å². The summed E-state index contributed by atoms with van der Waals surface area (Å²) in [6.45, 7) is 5.70. The number of ketones is 1. The van der Waals surface area contributed by atoms with Crippen LogP contribution < -0.4 is 16.0 Å². The number of nitrogens with one attached hydrogen (secondary N) is 1. The van der Waals surface area contributed by atoms with Gasteiger partial charge < -0.3 is 15.0 Å². The van der Waals surface area contributed by atoms with Crippen LogP contribution in [-0.4, -0.2) is 35.4 Å². The molecular formula is C24H25N3O5. The van der Waals surface area contributed by atoms with E-state index in [1.165, 1.54) is 6.08 Å². The molecule has 0 spiro atoms. The first-order valence-corrected chi connectivity index (χ1v) is 10.1. The largest absolute Gasteiger partial charge is 0.483 e. The first-order valence-electron chi connectivity index (χ1n) is 10.1. The Balaban J connectivity index is 2.07. The predicted molar refractivity (Wildman–Crippen MR) is 120 cm³/mol. The Labute approximate surface area is 185 Å². The highest BCUT2D eigenvalue weighted by Crippen LogP contribution is 2.35. The molecule has 0 radical (unpaired) electrons. The average molecular weight is 435 g/mol. The van der Waals surface area contributed by atoms with Gasteiger partial charge >= 0.3 is 0 Å². The molecule has 0 aliphatic rings. The smallest absolute Gasteiger partial charge is 0.289 e. The lowest BCUT2D eigenvalue weighted by Gasteiger charge is -2.11. The molecule has 1 heterocycles. The standard InChI is InChI=1S/C24H25N3O5/c1-3-13-32-26-20(28)15-31-19-12-8-11-18-21(19)22(23(29)24(25)30)17(4-2)27(18)14-16-9-6-5-7-10-16/h3,5-12H,1,4,13-15H2,2H3,(H2,25,30)(H,26,28). The summed E-state index contributed by atoms with van der Waals surface area (Å²) in [5.74, 6) is -2.06. The molecule has 8 nitrogen and oxygen atoms in total. The summed E-state index contributed by atoms with van der Waals surface area (Å²) < 4.78 is 7.68. The third-order valence-electron chi connectivity index (χ3n) is 4.87. The summed E-state index contributed by atoms with van der Waals surface area (Å²) in [6, 6.07) is 15.0. The van der Waals surface area contributed by atoms with Crippen molar-refractivity contribution in [3.05, 3.63) is 78.0 Å². The summed E-state index contributed by atoms with van der Waals surface area (Å²) in [5.41, 5.74) is 10.2. The molecule has 0 aliphatic heterocycles. The zero-order chi connectivity index (χ0) is 23.1. The van der Waals surface area contributed by atoms with Crippen LogP contribution in [0.3, 0.4) is 0 Å². The molecule has 0 saturated carbocycles. The Morgan fingerprint density at radius 3 is 2.53 bits per heavy atom. The van der Waals surface area contributed by atoms with Crippen molar-refractivity contribution in [2.45, 2.75) is 19.9 Å². The number of carbonyl (C=O) groups is 3. The zero-order valence-electron chi connectivity index (χ0n) is 17.8. The number of aromatic nitrogens is 1. The Hall–Kier alpha value is -3.91. The van der Waals surface area contributed by atoms with Gasteiger partial charge in [-0.05, 0) is 24.1 Å². The van der Waals surface area contributed by atoms with Crippen molar-refractivity contribution in [3.63, 3.8) is 0 Å². The number of rotatable bonds is 11. The van der Waals surface area contributed by atoms with Crippen molar-refractivity contribution in [3.8, 4) is 5.75 Å². The summed E-state index contributed by atoms with van der Waals surface area (Å²) in [6.07, 6.45) is 1.98. The SMILES string of the molecule is C=CCONC(=O)COc1cccc2c1c(C(=O)C(N)=O)c(CC)n2Cc1ccccc1. The predicted octanol–water partition coefficient (Wildman–Crippen LogP) is 2.53. The summed E-state index contributed by atoms with van der Waals surface area (Å²) in [7, 11) is 0. The van der Waals surface area contributed by atoms with Gasteiger partial charge in [0.2, 0.25) is 0 Å². The number of fused-ring (bicyclic) bond motifs is 1. The topological polar surface area (TPSA) is 113 Å². The highest BCUT2D eigenvalue weighted by molar-refractivity contribution is 6.45. The minimum absolute atomic E-state index is 0.154. The van der Waals surface area contributed by atoms with E-state index in [9.17, 15) is 14.4 Å². The van der Waals surface area contributed by atoms with E-state index >= 15 is 0 Å². The van der Waals surface area contributed by atoms with Crippen LogP contribution in [0, 0.1) is 0 Å². The van der Waals surface area contributed by atoms with Gasteiger partial charge in [0.1, 0.15) is 5.75 Å². The number of benzene rings is 2. The van der Waals surface area contributed by atoms with Gasteiger partial charge in [-0.1, -0.05) is 49.4 Å². The Kier molecular flexibility index (Phi) is 7.41. The lowest BCUT2D eigenvalue weighted by molar-refractivity contribution is -0.134. The van der Waals surface area contributed by atoms with Crippen molar-refractivity contribution in [2.24, 2.45) is 5.73 Å². The maximum absolute atomic E-state index is 12.8. The number of hydroxylamine groups is 1. The van der Waals surface area contributed by atoms with E-state index in [2.05, 4.69) is 12.1 Å². The highest BCUT2D eigenvalue weighted by atomic mass is 16.7.